The number of halogens is 3. The number of morpholine rings is 1. The second-order valence-electron chi connectivity index (χ2n) is 8.51. The third kappa shape index (κ3) is 4.65. The summed E-state index contributed by atoms with van der Waals surface area (Å²) in [4.78, 5) is 21.2. The van der Waals surface area contributed by atoms with Crippen LogP contribution in [0.1, 0.15) is 35.2 Å². The first-order chi connectivity index (χ1) is 16.4. The van der Waals surface area contributed by atoms with Gasteiger partial charge < -0.3 is 23.5 Å². The number of furan rings is 1. The molecule has 4 heterocycles. The van der Waals surface area contributed by atoms with Crippen molar-refractivity contribution in [1.29, 1.82) is 0 Å². The van der Waals surface area contributed by atoms with Crippen LogP contribution in [0.2, 0.25) is 0 Å². The van der Waals surface area contributed by atoms with Crippen molar-refractivity contribution in [2.75, 3.05) is 39.4 Å². The summed E-state index contributed by atoms with van der Waals surface area (Å²) < 4.78 is 54.9. The number of ether oxygens (including phenoxy) is 1. The lowest BCUT2D eigenvalue weighted by molar-refractivity contribution is -0.137. The van der Waals surface area contributed by atoms with E-state index in [1.54, 1.807) is 15.9 Å². The summed E-state index contributed by atoms with van der Waals surface area (Å²) >= 11 is 0. The third-order valence-electron chi connectivity index (χ3n) is 6.29. The normalized spacial score (nSPS) is 21.6. The molecule has 2 saturated heterocycles. The summed E-state index contributed by atoms with van der Waals surface area (Å²) in [6, 6.07) is 6.72. The monoisotopic (exact) mass is 476 g/mol. The third-order valence-corrected chi connectivity index (χ3v) is 6.29. The van der Waals surface area contributed by atoms with Gasteiger partial charge in [-0.25, -0.2) is 4.79 Å². The minimum absolute atomic E-state index is 0.122. The first-order valence-electron chi connectivity index (χ1n) is 11.0. The molecule has 8 nitrogen and oxygen atoms in total. The molecule has 0 radical (unpaired) electrons. The van der Waals surface area contributed by atoms with Crippen LogP contribution in [0, 0.1) is 0 Å². The maximum Gasteiger partial charge on any atom is 0.416 e. The van der Waals surface area contributed by atoms with E-state index in [4.69, 9.17) is 13.7 Å². The number of aromatic nitrogens is 2. The van der Waals surface area contributed by atoms with E-state index in [9.17, 15) is 18.0 Å². The maximum atomic E-state index is 13.3. The van der Waals surface area contributed by atoms with E-state index >= 15 is 0 Å². The Kier molecular flexibility index (Phi) is 6.03. The van der Waals surface area contributed by atoms with Gasteiger partial charge in [-0.15, -0.1) is 0 Å². The molecule has 0 spiro atoms. The number of carbonyl (C=O) groups is 1. The Morgan fingerprint density at radius 2 is 1.74 bits per heavy atom. The lowest BCUT2D eigenvalue weighted by Gasteiger charge is -2.40. The number of hydrogen-bond donors (Lipinski definition) is 0. The number of urea groups is 1. The number of benzene rings is 1. The van der Waals surface area contributed by atoms with Crippen LogP contribution in [0.3, 0.4) is 0 Å². The van der Waals surface area contributed by atoms with Crippen LogP contribution in [0.25, 0.3) is 11.5 Å². The highest BCUT2D eigenvalue weighted by atomic mass is 19.4. The van der Waals surface area contributed by atoms with Gasteiger partial charge in [0.2, 0.25) is 0 Å². The van der Waals surface area contributed by atoms with Crippen molar-refractivity contribution in [1.82, 2.24) is 19.9 Å². The number of piperidine rings is 1. The molecule has 1 aromatic carbocycles. The van der Waals surface area contributed by atoms with Gasteiger partial charge in [0.15, 0.2) is 5.82 Å². The zero-order valence-corrected chi connectivity index (χ0v) is 18.2. The van der Waals surface area contributed by atoms with Gasteiger partial charge >= 0.3 is 12.2 Å². The van der Waals surface area contributed by atoms with Crippen LogP contribution in [-0.2, 0) is 10.9 Å². The summed E-state index contributed by atoms with van der Waals surface area (Å²) in [5.74, 6) is 0.344. The first-order valence-corrected chi connectivity index (χ1v) is 11.0. The van der Waals surface area contributed by atoms with E-state index in [0.717, 1.165) is 17.7 Å². The van der Waals surface area contributed by atoms with E-state index in [2.05, 4.69) is 10.1 Å². The molecule has 2 aromatic heterocycles. The van der Waals surface area contributed by atoms with E-state index < -0.39 is 11.7 Å². The van der Waals surface area contributed by atoms with Crippen LogP contribution in [-0.4, -0.2) is 65.4 Å². The number of rotatable bonds is 3. The molecule has 180 valence electrons. The Morgan fingerprint density at radius 3 is 2.41 bits per heavy atom. The van der Waals surface area contributed by atoms with E-state index in [1.807, 2.05) is 0 Å². The largest absolute Gasteiger partial charge is 0.472 e. The van der Waals surface area contributed by atoms with Gasteiger partial charge in [0.05, 0.1) is 30.6 Å². The lowest BCUT2D eigenvalue weighted by Crippen LogP contribution is -2.52. The second kappa shape index (κ2) is 9.13. The van der Waals surface area contributed by atoms with Crippen LogP contribution in [0.15, 0.2) is 51.8 Å². The predicted molar refractivity (Wildman–Crippen MR) is 113 cm³/mol. The van der Waals surface area contributed by atoms with Crippen LogP contribution in [0.5, 0.6) is 0 Å². The number of carbonyl (C=O) groups excluding carboxylic acids is 1. The Balaban J connectivity index is 1.41. The molecule has 2 aliphatic rings. The fourth-order valence-electron chi connectivity index (χ4n) is 4.49. The highest BCUT2D eigenvalue weighted by Gasteiger charge is 2.37. The van der Waals surface area contributed by atoms with Crippen molar-refractivity contribution in [3.05, 3.63) is 59.8 Å². The van der Waals surface area contributed by atoms with Gasteiger partial charge in [-0.3, -0.25) is 0 Å². The summed E-state index contributed by atoms with van der Waals surface area (Å²) in [5, 5.41) is 4.13. The Morgan fingerprint density at radius 1 is 1.00 bits per heavy atom. The molecule has 0 bridgehead atoms. The zero-order chi connectivity index (χ0) is 23.7. The topological polar surface area (TPSA) is 84.8 Å². The van der Waals surface area contributed by atoms with Gasteiger partial charge in [-0.2, -0.15) is 18.2 Å². The van der Waals surface area contributed by atoms with Crippen molar-refractivity contribution in [2.24, 2.45) is 0 Å². The average molecular weight is 476 g/mol. The van der Waals surface area contributed by atoms with Gasteiger partial charge in [0.25, 0.3) is 5.89 Å². The summed E-state index contributed by atoms with van der Waals surface area (Å²) in [6.07, 6.45) is -0.830. The van der Waals surface area contributed by atoms with Crippen LogP contribution >= 0.6 is 0 Å². The minimum atomic E-state index is -4.40. The number of likely N-dealkylation sites (tertiary alicyclic amines) is 1. The number of alkyl halides is 3. The van der Waals surface area contributed by atoms with E-state index in [0.29, 0.717) is 63.1 Å². The molecular weight excluding hydrogens is 453 g/mol. The summed E-state index contributed by atoms with van der Waals surface area (Å²) in [6.45, 7) is 2.73. The van der Waals surface area contributed by atoms with Crippen molar-refractivity contribution in [3.8, 4) is 11.5 Å². The molecule has 34 heavy (non-hydrogen) atoms. The standard InChI is InChI=1S/C23H23F3N4O4/c24-23(25,26)19-3-1-15(2-4-19)17-11-18(20-27-21(34-28-20)16-5-8-33-14-16)13-30(12-17)22(31)29-6-9-32-10-7-29/h1-5,8,14,17-18H,6-7,9-13H2. The highest BCUT2D eigenvalue weighted by Crippen LogP contribution is 2.37. The Hall–Kier alpha value is -3.34. The molecule has 2 amide bonds. The van der Waals surface area contributed by atoms with E-state index in [-0.39, 0.29) is 17.9 Å². The molecule has 2 fully saturated rings. The van der Waals surface area contributed by atoms with Crippen molar-refractivity contribution < 1.29 is 31.6 Å². The fourth-order valence-corrected chi connectivity index (χ4v) is 4.49. The highest BCUT2D eigenvalue weighted by molar-refractivity contribution is 5.75. The minimum Gasteiger partial charge on any atom is -0.472 e. The van der Waals surface area contributed by atoms with Crippen molar-refractivity contribution in [2.45, 2.75) is 24.4 Å². The van der Waals surface area contributed by atoms with Crippen molar-refractivity contribution >= 4 is 6.03 Å². The maximum absolute atomic E-state index is 13.3. The molecular formula is C23H23F3N4O4. The van der Waals surface area contributed by atoms with E-state index in [1.165, 1.54) is 24.7 Å². The number of hydrogen-bond acceptors (Lipinski definition) is 6. The Labute approximate surface area is 193 Å². The fraction of sp³-hybridized carbons (Fsp3) is 0.435. The molecule has 5 rings (SSSR count). The molecule has 2 aliphatic heterocycles. The van der Waals surface area contributed by atoms with Crippen LogP contribution in [0.4, 0.5) is 18.0 Å². The van der Waals surface area contributed by atoms with Crippen molar-refractivity contribution in [3.63, 3.8) is 0 Å². The molecule has 2 unspecified atom stereocenters. The van der Waals surface area contributed by atoms with Gasteiger partial charge in [0, 0.05) is 38.0 Å². The van der Waals surface area contributed by atoms with Gasteiger partial charge in [0.1, 0.15) is 6.26 Å². The number of nitrogens with zero attached hydrogens (tertiary/aromatic N) is 4. The predicted octanol–water partition coefficient (Wildman–Crippen LogP) is 4.37. The molecule has 3 aromatic rings. The summed E-state index contributed by atoms with van der Waals surface area (Å²) in [7, 11) is 0. The number of amides is 2. The first kappa shape index (κ1) is 22.5. The van der Waals surface area contributed by atoms with Gasteiger partial charge in [-0.05, 0) is 30.2 Å². The Bertz CT molecular complexity index is 1110. The average Bonchev–Trinajstić information content (AvgIpc) is 3.56. The molecule has 0 N–H and O–H groups in total. The quantitative estimate of drug-likeness (QED) is 0.558. The summed E-state index contributed by atoms with van der Waals surface area (Å²) in [5.41, 5.74) is 0.680. The molecule has 11 heteroatoms. The SMILES string of the molecule is O=C(N1CCOCC1)N1CC(c2ccc(C(F)(F)F)cc2)CC(c2noc(-c3ccoc3)n2)C1. The zero-order valence-electron chi connectivity index (χ0n) is 18.2. The lowest BCUT2D eigenvalue weighted by atomic mass is 9.84. The molecule has 0 aliphatic carbocycles. The van der Waals surface area contributed by atoms with Gasteiger partial charge in [-0.1, -0.05) is 17.3 Å². The van der Waals surface area contributed by atoms with Crippen LogP contribution < -0.4 is 0 Å². The second-order valence-corrected chi connectivity index (χ2v) is 8.51. The smallest absolute Gasteiger partial charge is 0.416 e. The molecule has 0 saturated carbocycles. The molecule has 2 atom stereocenters.